The van der Waals surface area contributed by atoms with E-state index in [1.165, 1.54) is 6.20 Å². The first-order valence-corrected chi connectivity index (χ1v) is 7.18. The quantitative estimate of drug-likeness (QED) is 0.812. The molecule has 116 valence electrons. The lowest BCUT2D eigenvalue weighted by Crippen LogP contribution is -2.31. The van der Waals surface area contributed by atoms with Crippen LogP contribution in [0.1, 0.15) is 24.9 Å². The molecule has 0 fully saturated rings. The van der Waals surface area contributed by atoms with E-state index < -0.39 is 0 Å². The molecule has 0 bridgehead atoms. The zero-order chi connectivity index (χ0) is 15.4. The van der Waals surface area contributed by atoms with Crippen LogP contribution >= 0.6 is 0 Å². The summed E-state index contributed by atoms with van der Waals surface area (Å²) >= 11 is 0. The van der Waals surface area contributed by atoms with Gasteiger partial charge in [0, 0.05) is 12.6 Å². The largest absolute Gasteiger partial charge is 0.490 e. The monoisotopic (exact) mass is 302 g/mol. The first-order chi connectivity index (χ1) is 10.7. The van der Waals surface area contributed by atoms with E-state index in [1.807, 2.05) is 25.1 Å². The molecule has 22 heavy (non-hydrogen) atoms. The molecule has 1 atom stereocenters. The number of hydrogen-bond acceptors (Lipinski definition) is 4. The Hall–Kier alpha value is -2.70. The number of fused-ring (bicyclic) bond motifs is 1. The molecule has 2 heterocycles. The van der Waals surface area contributed by atoms with Crippen molar-refractivity contribution in [2.24, 2.45) is 0 Å². The van der Waals surface area contributed by atoms with Gasteiger partial charge in [-0.3, -0.25) is 5.10 Å². The van der Waals surface area contributed by atoms with E-state index >= 15 is 0 Å². The SMILES string of the molecule is C[C@@H](NC(=O)Nc1cn[nH]c1)c1ccc2c(c1)OCCCO2. The second-order valence-electron chi connectivity index (χ2n) is 5.06. The molecule has 0 radical (unpaired) electrons. The van der Waals surface area contributed by atoms with Gasteiger partial charge in [0.25, 0.3) is 0 Å². The van der Waals surface area contributed by atoms with E-state index in [1.54, 1.807) is 6.20 Å². The molecule has 1 aromatic carbocycles. The van der Waals surface area contributed by atoms with Crippen LogP contribution < -0.4 is 20.1 Å². The molecule has 3 rings (SSSR count). The Morgan fingerprint density at radius 1 is 1.32 bits per heavy atom. The van der Waals surface area contributed by atoms with Crippen LogP contribution in [0.3, 0.4) is 0 Å². The van der Waals surface area contributed by atoms with Gasteiger partial charge in [0.1, 0.15) is 0 Å². The molecule has 1 aromatic heterocycles. The number of aromatic nitrogens is 2. The number of anilines is 1. The van der Waals surface area contributed by atoms with Gasteiger partial charge in [-0.05, 0) is 24.6 Å². The fraction of sp³-hybridized carbons (Fsp3) is 0.333. The van der Waals surface area contributed by atoms with E-state index in [0.29, 0.717) is 18.9 Å². The van der Waals surface area contributed by atoms with Crippen molar-refractivity contribution in [2.75, 3.05) is 18.5 Å². The molecule has 0 saturated carbocycles. The van der Waals surface area contributed by atoms with Crippen molar-refractivity contribution in [3.8, 4) is 11.5 Å². The van der Waals surface area contributed by atoms with Crippen LogP contribution in [0, 0.1) is 0 Å². The van der Waals surface area contributed by atoms with Gasteiger partial charge in [-0.1, -0.05) is 6.07 Å². The van der Waals surface area contributed by atoms with Crippen molar-refractivity contribution in [1.29, 1.82) is 0 Å². The highest BCUT2D eigenvalue weighted by Gasteiger charge is 2.15. The highest BCUT2D eigenvalue weighted by Crippen LogP contribution is 2.32. The Morgan fingerprint density at radius 2 is 2.14 bits per heavy atom. The number of amides is 2. The number of benzene rings is 1. The second-order valence-corrected chi connectivity index (χ2v) is 5.06. The molecule has 1 aliphatic rings. The molecule has 3 N–H and O–H groups in total. The summed E-state index contributed by atoms with van der Waals surface area (Å²) in [5, 5.41) is 12.0. The summed E-state index contributed by atoms with van der Waals surface area (Å²) in [6.45, 7) is 3.21. The summed E-state index contributed by atoms with van der Waals surface area (Å²) in [5.41, 5.74) is 1.56. The summed E-state index contributed by atoms with van der Waals surface area (Å²) in [5.74, 6) is 1.47. The van der Waals surface area contributed by atoms with Gasteiger partial charge in [-0.15, -0.1) is 0 Å². The normalized spacial score (nSPS) is 14.8. The number of carbonyl (C=O) groups is 1. The molecule has 1 aliphatic heterocycles. The smallest absolute Gasteiger partial charge is 0.319 e. The first-order valence-electron chi connectivity index (χ1n) is 7.18. The number of nitrogens with zero attached hydrogens (tertiary/aromatic N) is 1. The Morgan fingerprint density at radius 3 is 2.91 bits per heavy atom. The van der Waals surface area contributed by atoms with E-state index in [4.69, 9.17) is 9.47 Å². The fourth-order valence-corrected chi connectivity index (χ4v) is 2.22. The standard InChI is InChI=1S/C15H18N4O3/c1-10(18-15(20)19-12-8-16-17-9-12)11-3-4-13-14(7-11)22-6-2-5-21-13/h3-4,7-10H,2,5-6H2,1H3,(H,16,17)(H2,18,19,20)/t10-/m1/s1. The third-order valence-electron chi connectivity index (χ3n) is 3.38. The lowest BCUT2D eigenvalue weighted by atomic mass is 10.1. The molecular weight excluding hydrogens is 284 g/mol. The van der Waals surface area contributed by atoms with Crippen LogP contribution in [0.5, 0.6) is 11.5 Å². The van der Waals surface area contributed by atoms with Gasteiger partial charge in [-0.25, -0.2) is 4.79 Å². The van der Waals surface area contributed by atoms with Crippen LogP contribution in [0.25, 0.3) is 0 Å². The van der Waals surface area contributed by atoms with Crippen LogP contribution in [0.2, 0.25) is 0 Å². The second kappa shape index (κ2) is 6.38. The van der Waals surface area contributed by atoms with Crippen LogP contribution in [-0.2, 0) is 0 Å². The predicted molar refractivity (Wildman–Crippen MR) is 81.2 cm³/mol. The summed E-state index contributed by atoms with van der Waals surface area (Å²) < 4.78 is 11.3. The average Bonchev–Trinajstić information content (AvgIpc) is 2.89. The van der Waals surface area contributed by atoms with Gasteiger partial charge in [0.15, 0.2) is 11.5 Å². The lowest BCUT2D eigenvalue weighted by Gasteiger charge is -2.16. The van der Waals surface area contributed by atoms with Gasteiger partial charge in [0.05, 0.1) is 31.1 Å². The summed E-state index contributed by atoms with van der Waals surface area (Å²) in [6.07, 6.45) is 4.01. The Balaban J connectivity index is 1.65. The molecule has 2 amide bonds. The zero-order valence-corrected chi connectivity index (χ0v) is 12.3. The Labute approximate surface area is 128 Å². The maximum absolute atomic E-state index is 11.9. The minimum Gasteiger partial charge on any atom is -0.490 e. The van der Waals surface area contributed by atoms with Crippen LogP contribution in [-0.4, -0.2) is 29.4 Å². The zero-order valence-electron chi connectivity index (χ0n) is 12.3. The Bertz CT molecular complexity index is 642. The van der Waals surface area contributed by atoms with Crippen LogP contribution in [0.4, 0.5) is 10.5 Å². The van der Waals surface area contributed by atoms with Gasteiger partial charge < -0.3 is 20.1 Å². The average molecular weight is 302 g/mol. The minimum absolute atomic E-state index is 0.163. The summed E-state index contributed by atoms with van der Waals surface area (Å²) in [4.78, 5) is 11.9. The van der Waals surface area contributed by atoms with Crippen molar-refractivity contribution in [3.63, 3.8) is 0 Å². The number of carbonyl (C=O) groups excluding carboxylic acids is 1. The highest BCUT2D eigenvalue weighted by molar-refractivity contribution is 5.89. The number of hydrogen-bond donors (Lipinski definition) is 3. The number of aromatic amines is 1. The molecular formula is C15H18N4O3. The lowest BCUT2D eigenvalue weighted by molar-refractivity contribution is 0.249. The summed E-state index contributed by atoms with van der Waals surface area (Å²) in [6, 6.07) is 5.26. The fourth-order valence-electron chi connectivity index (χ4n) is 2.22. The topological polar surface area (TPSA) is 88.3 Å². The van der Waals surface area contributed by atoms with E-state index in [0.717, 1.165) is 23.5 Å². The van der Waals surface area contributed by atoms with E-state index in [9.17, 15) is 4.79 Å². The molecule has 2 aromatic rings. The minimum atomic E-state index is -0.291. The van der Waals surface area contributed by atoms with Gasteiger partial charge >= 0.3 is 6.03 Å². The highest BCUT2D eigenvalue weighted by atomic mass is 16.5. The van der Waals surface area contributed by atoms with Crippen molar-refractivity contribution in [2.45, 2.75) is 19.4 Å². The third-order valence-corrected chi connectivity index (χ3v) is 3.38. The molecule has 7 nitrogen and oxygen atoms in total. The predicted octanol–water partition coefficient (Wildman–Crippen LogP) is 2.45. The number of urea groups is 1. The van der Waals surface area contributed by atoms with E-state index in [2.05, 4.69) is 20.8 Å². The van der Waals surface area contributed by atoms with Crippen LogP contribution in [0.15, 0.2) is 30.6 Å². The van der Waals surface area contributed by atoms with Gasteiger partial charge in [0.2, 0.25) is 0 Å². The maximum atomic E-state index is 11.9. The number of ether oxygens (including phenoxy) is 2. The van der Waals surface area contributed by atoms with Gasteiger partial charge in [-0.2, -0.15) is 5.10 Å². The molecule has 0 spiro atoms. The molecule has 0 aliphatic carbocycles. The first kappa shape index (κ1) is 14.2. The number of nitrogens with one attached hydrogen (secondary N) is 3. The maximum Gasteiger partial charge on any atom is 0.319 e. The van der Waals surface area contributed by atoms with Crippen molar-refractivity contribution < 1.29 is 14.3 Å². The third kappa shape index (κ3) is 3.30. The number of H-pyrrole nitrogens is 1. The molecule has 7 heteroatoms. The molecule has 0 saturated heterocycles. The van der Waals surface area contributed by atoms with Crippen molar-refractivity contribution in [3.05, 3.63) is 36.2 Å². The molecule has 0 unspecified atom stereocenters. The van der Waals surface area contributed by atoms with Crippen molar-refractivity contribution in [1.82, 2.24) is 15.5 Å². The summed E-state index contributed by atoms with van der Waals surface area (Å²) in [7, 11) is 0. The number of rotatable bonds is 3. The Kier molecular flexibility index (Phi) is 4.13. The van der Waals surface area contributed by atoms with E-state index in [-0.39, 0.29) is 12.1 Å². The van der Waals surface area contributed by atoms with Crippen molar-refractivity contribution >= 4 is 11.7 Å².